The molecule has 1 aliphatic rings. The van der Waals surface area contributed by atoms with E-state index in [0.717, 1.165) is 13.1 Å². The number of hydrogen-bond donors (Lipinski definition) is 1. The molecule has 1 aliphatic carbocycles. The molecule has 0 aromatic carbocycles. The molecule has 80 valence electrons. The highest BCUT2D eigenvalue weighted by Crippen LogP contribution is 2.35. The lowest BCUT2D eigenvalue weighted by Crippen LogP contribution is -2.23. The monoisotopic (exact) mass is 193 g/mol. The molecule has 1 rings (SSSR count). The third-order valence-corrected chi connectivity index (χ3v) is 2.98. The molecule has 1 heteroatoms. The first-order valence-corrected chi connectivity index (χ1v) is 5.91. The molecule has 1 N–H and O–H groups in total. The number of nitrogens with one attached hydrogen (secondary N) is 1. The van der Waals surface area contributed by atoms with Gasteiger partial charge in [-0.1, -0.05) is 51.0 Å². The van der Waals surface area contributed by atoms with Gasteiger partial charge in [0.15, 0.2) is 0 Å². The summed E-state index contributed by atoms with van der Waals surface area (Å²) in [7, 11) is 0. The molecule has 0 saturated carbocycles. The van der Waals surface area contributed by atoms with Crippen LogP contribution in [0.3, 0.4) is 0 Å². The zero-order valence-corrected chi connectivity index (χ0v) is 9.55. The Hall–Kier alpha value is -0.560. The molecule has 0 atom stereocenters. The van der Waals surface area contributed by atoms with Crippen LogP contribution in [0.1, 0.15) is 39.5 Å². The van der Waals surface area contributed by atoms with Gasteiger partial charge < -0.3 is 5.32 Å². The molecule has 0 saturated heterocycles. The van der Waals surface area contributed by atoms with Crippen molar-refractivity contribution in [3.63, 3.8) is 0 Å². The van der Waals surface area contributed by atoms with E-state index in [1.165, 1.54) is 25.7 Å². The van der Waals surface area contributed by atoms with Gasteiger partial charge >= 0.3 is 0 Å². The highest BCUT2D eigenvalue weighted by molar-refractivity contribution is 5.24. The van der Waals surface area contributed by atoms with E-state index < -0.39 is 0 Å². The average Bonchev–Trinajstić information content (AvgIpc) is 2.65. The Morgan fingerprint density at radius 3 is 2.36 bits per heavy atom. The van der Waals surface area contributed by atoms with Gasteiger partial charge in [-0.15, -0.1) is 0 Å². The third kappa shape index (κ3) is 3.30. The van der Waals surface area contributed by atoms with Crippen molar-refractivity contribution in [1.82, 2.24) is 5.32 Å². The average molecular weight is 193 g/mol. The van der Waals surface area contributed by atoms with E-state index in [2.05, 4.69) is 43.5 Å². The summed E-state index contributed by atoms with van der Waals surface area (Å²) < 4.78 is 0. The molecule has 0 amide bonds. The van der Waals surface area contributed by atoms with Crippen LogP contribution in [0.2, 0.25) is 0 Å². The Bertz CT molecular complexity index is 191. The molecule has 0 bridgehead atoms. The predicted octanol–water partition coefficient (Wildman–Crippen LogP) is 3.29. The number of allylic oxidation sites excluding steroid dienone is 4. The Kier molecular flexibility index (Phi) is 4.95. The van der Waals surface area contributed by atoms with Gasteiger partial charge in [-0.25, -0.2) is 0 Å². The van der Waals surface area contributed by atoms with Gasteiger partial charge in [0.05, 0.1) is 0 Å². The van der Waals surface area contributed by atoms with Crippen molar-refractivity contribution in [3.05, 3.63) is 24.3 Å². The summed E-state index contributed by atoms with van der Waals surface area (Å²) in [4.78, 5) is 0. The molecule has 1 nitrogen and oxygen atoms in total. The van der Waals surface area contributed by atoms with Gasteiger partial charge in [-0.3, -0.25) is 0 Å². The summed E-state index contributed by atoms with van der Waals surface area (Å²) in [5.74, 6) is 0. The second kappa shape index (κ2) is 6.02. The number of hydrogen-bond acceptors (Lipinski definition) is 1. The van der Waals surface area contributed by atoms with Crippen LogP contribution in [0.15, 0.2) is 24.3 Å². The smallest absolute Gasteiger partial charge is 0.00792 e. The van der Waals surface area contributed by atoms with Gasteiger partial charge in [0, 0.05) is 5.41 Å². The first kappa shape index (κ1) is 11.5. The topological polar surface area (TPSA) is 12.0 Å². The fourth-order valence-electron chi connectivity index (χ4n) is 2.01. The standard InChI is InChI=1S/C13H23N/c1-3-5-8-13(9-6-7-10-13)11-12-14-4-2/h6-7,9-10,14H,3-5,8,11-12H2,1-2H3. The fraction of sp³-hybridized carbons (Fsp3) is 0.692. The summed E-state index contributed by atoms with van der Waals surface area (Å²) in [5.41, 5.74) is 0.373. The molecule has 14 heavy (non-hydrogen) atoms. The van der Waals surface area contributed by atoms with Crippen LogP contribution in [0.25, 0.3) is 0 Å². The molecule has 0 spiro atoms. The lowest BCUT2D eigenvalue weighted by atomic mass is 9.81. The maximum atomic E-state index is 3.41. The molecule has 0 aliphatic heterocycles. The number of rotatable bonds is 7. The van der Waals surface area contributed by atoms with Crippen LogP contribution in [0.5, 0.6) is 0 Å². The minimum atomic E-state index is 0.373. The highest BCUT2D eigenvalue weighted by Gasteiger charge is 2.24. The van der Waals surface area contributed by atoms with E-state index in [0.29, 0.717) is 5.41 Å². The van der Waals surface area contributed by atoms with Gasteiger partial charge in [0.2, 0.25) is 0 Å². The van der Waals surface area contributed by atoms with Crippen molar-refractivity contribution < 1.29 is 0 Å². The normalized spacial score (nSPS) is 17.9. The summed E-state index contributed by atoms with van der Waals surface area (Å²) in [5, 5.41) is 3.41. The van der Waals surface area contributed by atoms with Crippen molar-refractivity contribution >= 4 is 0 Å². The molecule has 0 radical (unpaired) electrons. The summed E-state index contributed by atoms with van der Waals surface area (Å²) in [6.07, 6.45) is 14.3. The zero-order chi connectivity index (χ0) is 10.3. The van der Waals surface area contributed by atoms with Crippen LogP contribution in [-0.4, -0.2) is 13.1 Å². The molecule has 0 aromatic heterocycles. The molecular formula is C13H23N. The van der Waals surface area contributed by atoms with Crippen LogP contribution >= 0.6 is 0 Å². The first-order chi connectivity index (χ1) is 6.83. The van der Waals surface area contributed by atoms with Crippen LogP contribution in [0, 0.1) is 5.41 Å². The third-order valence-electron chi connectivity index (χ3n) is 2.98. The maximum Gasteiger partial charge on any atom is 0.00792 e. The van der Waals surface area contributed by atoms with E-state index >= 15 is 0 Å². The molecular weight excluding hydrogens is 170 g/mol. The SMILES string of the molecule is CCCCC1(CCNCC)C=CC=C1. The van der Waals surface area contributed by atoms with Crippen molar-refractivity contribution in [1.29, 1.82) is 0 Å². The Morgan fingerprint density at radius 1 is 1.07 bits per heavy atom. The summed E-state index contributed by atoms with van der Waals surface area (Å²) in [6.45, 7) is 6.64. The Labute approximate surface area is 88.3 Å². The van der Waals surface area contributed by atoms with E-state index in [1.807, 2.05) is 0 Å². The van der Waals surface area contributed by atoms with E-state index in [1.54, 1.807) is 0 Å². The van der Waals surface area contributed by atoms with Crippen molar-refractivity contribution in [2.75, 3.05) is 13.1 Å². The van der Waals surface area contributed by atoms with Crippen molar-refractivity contribution in [2.24, 2.45) is 5.41 Å². The predicted molar refractivity (Wildman–Crippen MR) is 63.4 cm³/mol. The molecule has 0 unspecified atom stereocenters. The quantitative estimate of drug-likeness (QED) is 0.612. The van der Waals surface area contributed by atoms with E-state index in [9.17, 15) is 0 Å². The summed E-state index contributed by atoms with van der Waals surface area (Å²) in [6, 6.07) is 0. The van der Waals surface area contributed by atoms with Crippen molar-refractivity contribution in [3.8, 4) is 0 Å². The maximum absolute atomic E-state index is 3.41. The second-order valence-corrected chi connectivity index (χ2v) is 4.16. The Balaban J connectivity index is 2.37. The lowest BCUT2D eigenvalue weighted by Gasteiger charge is -2.25. The second-order valence-electron chi connectivity index (χ2n) is 4.16. The van der Waals surface area contributed by atoms with Gasteiger partial charge in [-0.2, -0.15) is 0 Å². The Morgan fingerprint density at radius 2 is 1.79 bits per heavy atom. The van der Waals surface area contributed by atoms with E-state index in [-0.39, 0.29) is 0 Å². The molecule has 0 aromatic rings. The first-order valence-electron chi connectivity index (χ1n) is 5.91. The molecule has 0 fully saturated rings. The largest absolute Gasteiger partial charge is 0.317 e. The van der Waals surface area contributed by atoms with Crippen molar-refractivity contribution in [2.45, 2.75) is 39.5 Å². The minimum absolute atomic E-state index is 0.373. The lowest BCUT2D eigenvalue weighted by molar-refractivity contribution is 0.394. The molecule has 0 heterocycles. The van der Waals surface area contributed by atoms with Crippen LogP contribution < -0.4 is 5.32 Å². The highest BCUT2D eigenvalue weighted by atomic mass is 14.8. The van der Waals surface area contributed by atoms with Crippen LogP contribution in [0.4, 0.5) is 0 Å². The van der Waals surface area contributed by atoms with Gasteiger partial charge in [-0.05, 0) is 25.9 Å². The fourth-order valence-corrected chi connectivity index (χ4v) is 2.01. The van der Waals surface area contributed by atoms with E-state index in [4.69, 9.17) is 0 Å². The van der Waals surface area contributed by atoms with Crippen LogP contribution in [-0.2, 0) is 0 Å². The van der Waals surface area contributed by atoms with Gasteiger partial charge in [0.25, 0.3) is 0 Å². The summed E-state index contributed by atoms with van der Waals surface area (Å²) >= 11 is 0. The minimum Gasteiger partial charge on any atom is -0.317 e. The zero-order valence-electron chi connectivity index (χ0n) is 9.55. The van der Waals surface area contributed by atoms with Gasteiger partial charge in [0.1, 0.15) is 0 Å². The number of unbranched alkanes of at least 4 members (excludes halogenated alkanes) is 1.